The van der Waals surface area contributed by atoms with Crippen molar-refractivity contribution in [1.82, 2.24) is 14.5 Å². The summed E-state index contributed by atoms with van der Waals surface area (Å²) < 4.78 is 6.88. The number of rotatable bonds is 7. The highest BCUT2D eigenvalue weighted by molar-refractivity contribution is 5.30. The van der Waals surface area contributed by atoms with Crippen LogP contribution in [0, 0.1) is 0 Å². The Bertz CT molecular complexity index is 389. The number of aryl methyl sites for hydroxylation is 1. The molecule has 1 aromatic rings. The summed E-state index contributed by atoms with van der Waals surface area (Å²) in [6.07, 6.45) is 3.22. The smallest absolute Gasteiger partial charge is 0.293 e. The van der Waals surface area contributed by atoms with Crippen LogP contribution in [0.3, 0.4) is 0 Å². The largest absolute Gasteiger partial charge is 0.378 e. The van der Waals surface area contributed by atoms with E-state index in [0.29, 0.717) is 25.6 Å². The molecule has 96 valence electrons. The van der Waals surface area contributed by atoms with Crippen molar-refractivity contribution in [3.8, 4) is 0 Å². The number of anilines is 1. The highest BCUT2D eigenvalue weighted by atomic mass is 16.5. The SMILES string of the molecule is CN(C)CCOCCNc1nccn(C)c1=O. The van der Waals surface area contributed by atoms with Gasteiger partial charge in [0.05, 0.1) is 13.2 Å². The third-order valence-corrected chi connectivity index (χ3v) is 2.24. The molecule has 0 unspecified atom stereocenters. The van der Waals surface area contributed by atoms with Gasteiger partial charge in [0.25, 0.3) is 5.56 Å². The summed E-state index contributed by atoms with van der Waals surface area (Å²) in [7, 11) is 5.70. The molecule has 1 N–H and O–H groups in total. The molecular formula is C11H20N4O2. The first-order chi connectivity index (χ1) is 8.11. The fraction of sp³-hybridized carbons (Fsp3) is 0.636. The normalized spacial score (nSPS) is 10.8. The zero-order valence-electron chi connectivity index (χ0n) is 10.6. The average Bonchev–Trinajstić information content (AvgIpc) is 2.28. The lowest BCUT2D eigenvalue weighted by molar-refractivity contribution is 0.126. The number of ether oxygens (including phenoxy) is 1. The van der Waals surface area contributed by atoms with Gasteiger partial charge < -0.3 is 19.5 Å². The minimum absolute atomic E-state index is 0.124. The van der Waals surface area contributed by atoms with Crippen molar-refractivity contribution in [2.24, 2.45) is 7.05 Å². The van der Waals surface area contributed by atoms with Gasteiger partial charge in [-0.1, -0.05) is 0 Å². The maximum Gasteiger partial charge on any atom is 0.293 e. The molecule has 0 aliphatic carbocycles. The van der Waals surface area contributed by atoms with Gasteiger partial charge in [-0.15, -0.1) is 0 Å². The van der Waals surface area contributed by atoms with Crippen LogP contribution < -0.4 is 10.9 Å². The molecule has 0 amide bonds. The number of nitrogens with zero attached hydrogens (tertiary/aromatic N) is 3. The number of likely N-dealkylation sites (N-methyl/N-ethyl adjacent to an activating group) is 1. The second-order valence-electron chi connectivity index (χ2n) is 4.03. The summed E-state index contributed by atoms with van der Waals surface area (Å²) in [5.41, 5.74) is -0.124. The minimum Gasteiger partial charge on any atom is -0.378 e. The molecule has 0 aliphatic heterocycles. The van der Waals surface area contributed by atoms with Crippen molar-refractivity contribution in [2.75, 3.05) is 45.7 Å². The molecule has 0 aromatic carbocycles. The third kappa shape index (κ3) is 4.97. The van der Waals surface area contributed by atoms with Crippen molar-refractivity contribution >= 4 is 5.82 Å². The van der Waals surface area contributed by atoms with Crippen molar-refractivity contribution in [2.45, 2.75) is 0 Å². The van der Waals surface area contributed by atoms with E-state index < -0.39 is 0 Å². The third-order valence-electron chi connectivity index (χ3n) is 2.24. The predicted octanol–water partition coefficient (Wildman–Crippen LogP) is -0.230. The van der Waals surface area contributed by atoms with Gasteiger partial charge in [0.2, 0.25) is 0 Å². The van der Waals surface area contributed by atoms with Crippen LogP contribution in [-0.2, 0) is 11.8 Å². The molecule has 6 nitrogen and oxygen atoms in total. The number of nitrogens with one attached hydrogen (secondary N) is 1. The highest BCUT2D eigenvalue weighted by Gasteiger charge is 2.00. The molecule has 0 atom stereocenters. The molecule has 0 fully saturated rings. The van der Waals surface area contributed by atoms with Crippen LogP contribution in [0.4, 0.5) is 5.82 Å². The molecule has 1 rings (SSSR count). The Morgan fingerprint density at radius 1 is 1.47 bits per heavy atom. The van der Waals surface area contributed by atoms with Crippen LogP contribution >= 0.6 is 0 Å². The Morgan fingerprint density at radius 2 is 2.24 bits per heavy atom. The fourth-order valence-electron chi connectivity index (χ4n) is 1.21. The highest BCUT2D eigenvalue weighted by Crippen LogP contribution is 1.90. The molecule has 0 aliphatic rings. The molecule has 0 radical (unpaired) electrons. The van der Waals surface area contributed by atoms with Crippen LogP contribution in [-0.4, -0.2) is 54.8 Å². The lowest BCUT2D eigenvalue weighted by atomic mass is 10.5. The topological polar surface area (TPSA) is 59.4 Å². The number of hydrogen-bond donors (Lipinski definition) is 1. The monoisotopic (exact) mass is 240 g/mol. The van der Waals surface area contributed by atoms with Crippen LogP contribution in [0.15, 0.2) is 17.2 Å². The molecule has 1 heterocycles. The van der Waals surface area contributed by atoms with E-state index in [2.05, 4.69) is 15.2 Å². The summed E-state index contributed by atoms with van der Waals surface area (Å²) in [6.45, 7) is 2.73. The molecule has 6 heteroatoms. The summed E-state index contributed by atoms with van der Waals surface area (Å²) >= 11 is 0. The van der Waals surface area contributed by atoms with E-state index in [-0.39, 0.29) is 5.56 Å². The van der Waals surface area contributed by atoms with E-state index in [0.717, 1.165) is 6.54 Å². The van der Waals surface area contributed by atoms with E-state index in [1.165, 1.54) is 4.57 Å². The van der Waals surface area contributed by atoms with Gasteiger partial charge in [-0.05, 0) is 14.1 Å². The molecule has 1 aromatic heterocycles. The molecule has 17 heavy (non-hydrogen) atoms. The second-order valence-corrected chi connectivity index (χ2v) is 4.03. The lowest BCUT2D eigenvalue weighted by Gasteiger charge is -2.10. The molecule has 0 saturated carbocycles. The van der Waals surface area contributed by atoms with Crippen LogP contribution in [0.5, 0.6) is 0 Å². The Kier molecular flexibility index (Phi) is 5.65. The Morgan fingerprint density at radius 3 is 2.94 bits per heavy atom. The van der Waals surface area contributed by atoms with Crippen molar-refractivity contribution in [3.05, 3.63) is 22.7 Å². The predicted molar refractivity (Wildman–Crippen MR) is 67.3 cm³/mol. The van der Waals surface area contributed by atoms with Crippen LogP contribution in [0.2, 0.25) is 0 Å². The number of aromatic nitrogens is 2. The number of hydrogen-bond acceptors (Lipinski definition) is 5. The maximum absolute atomic E-state index is 11.6. The van der Waals surface area contributed by atoms with E-state index in [1.54, 1.807) is 19.4 Å². The molecule has 0 saturated heterocycles. The average molecular weight is 240 g/mol. The van der Waals surface area contributed by atoms with Gasteiger partial charge in [0.1, 0.15) is 0 Å². The van der Waals surface area contributed by atoms with Gasteiger partial charge in [0.15, 0.2) is 5.82 Å². The van der Waals surface area contributed by atoms with Crippen LogP contribution in [0.1, 0.15) is 0 Å². The maximum atomic E-state index is 11.6. The quantitative estimate of drug-likeness (QED) is 0.667. The summed E-state index contributed by atoms with van der Waals surface area (Å²) in [6, 6.07) is 0. The van der Waals surface area contributed by atoms with Crippen molar-refractivity contribution in [3.63, 3.8) is 0 Å². The second kappa shape index (κ2) is 7.03. The van der Waals surface area contributed by atoms with Gasteiger partial charge in [-0.2, -0.15) is 0 Å². The van der Waals surface area contributed by atoms with E-state index >= 15 is 0 Å². The first kappa shape index (κ1) is 13.7. The van der Waals surface area contributed by atoms with Gasteiger partial charge >= 0.3 is 0 Å². The zero-order chi connectivity index (χ0) is 12.7. The molecule has 0 spiro atoms. The Balaban J connectivity index is 2.23. The standard InChI is InChI=1S/C11H20N4O2/c1-14(2)7-9-17-8-5-13-10-11(16)15(3)6-4-12-10/h4,6H,5,7-9H2,1-3H3,(H,12,13). The summed E-state index contributed by atoms with van der Waals surface area (Å²) in [4.78, 5) is 17.6. The fourth-order valence-corrected chi connectivity index (χ4v) is 1.21. The molecule has 0 bridgehead atoms. The lowest BCUT2D eigenvalue weighted by Crippen LogP contribution is -2.24. The minimum atomic E-state index is -0.124. The van der Waals surface area contributed by atoms with Crippen molar-refractivity contribution in [1.29, 1.82) is 0 Å². The Labute approximate surface area is 101 Å². The summed E-state index contributed by atoms with van der Waals surface area (Å²) in [5, 5.41) is 2.96. The summed E-state index contributed by atoms with van der Waals surface area (Å²) in [5.74, 6) is 0.367. The van der Waals surface area contributed by atoms with Crippen molar-refractivity contribution < 1.29 is 4.74 Å². The Hall–Kier alpha value is -1.40. The van der Waals surface area contributed by atoms with E-state index in [1.807, 2.05) is 14.1 Å². The van der Waals surface area contributed by atoms with Gasteiger partial charge in [-0.3, -0.25) is 4.79 Å². The van der Waals surface area contributed by atoms with E-state index in [9.17, 15) is 4.79 Å². The van der Waals surface area contributed by atoms with Crippen LogP contribution in [0.25, 0.3) is 0 Å². The van der Waals surface area contributed by atoms with Gasteiger partial charge in [0, 0.05) is 32.5 Å². The van der Waals surface area contributed by atoms with E-state index in [4.69, 9.17) is 4.74 Å². The first-order valence-electron chi connectivity index (χ1n) is 5.59. The zero-order valence-corrected chi connectivity index (χ0v) is 10.6. The van der Waals surface area contributed by atoms with Gasteiger partial charge in [-0.25, -0.2) is 4.98 Å². The first-order valence-corrected chi connectivity index (χ1v) is 5.59. The molecular weight excluding hydrogens is 220 g/mol.